The summed E-state index contributed by atoms with van der Waals surface area (Å²) >= 11 is 0. The van der Waals surface area contributed by atoms with Crippen LogP contribution in [0.5, 0.6) is 0 Å². The van der Waals surface area contributed by atoms with Gasteiger partial charge < -0.3 is 5.32 Å². The Morgan fingerprint density at radius 3 is 2.61 bits per heavy atom. The molecule has 1 fully saturated rings. The van der Waals surface area contributed by atoms with Crippen molar-refractivity contribution >= 4 is 5.52 Å². The van der Waals surface area contributed by atoms with Gasteiger partial charge in [0.05, 0.1) is 53.8 Å². The highest BCUT2D eigenvalue weighted by Gasteiger charge is 2.20. The number of nitrogens with zero attached hydrogens (tertiary/aromatic N) is 7. The van der Waals surface area contributed by atoms with Gasteiger partial charge in [-0.3, -0.25) is 9.36 Å². The smallest absolute Gasteiger partial charge is 0.0999 e. The molecule has 5 heterocycles. The van der Waals surface area contributed by atoms with Crippen molar-refractivity contribution in [3.8, 4) is 22.5 Å². The van der Waals surface area contributed by atoms with Crippen molar-refractivity contribution in [3.05, 3.63) is 43.2 Å². The Morgan fingerprint density at radius 1 is 1.04 bits per heavy atom. The van der Waals surface area contributed by atoms with E-state index in [4.69, 9.17) is 4.98 Å². The number of nitrogens with one attached hydrogen (secondary N) is 1. The Labute approximate surface area is 163 Å². The molecule has 1 aliphatic heterocycles. The van der Waals surface area contributed by atoms with Crippen LogP contribution in [0.3, 0.4) is 0 Å². The molecule has 0 unspecified atom stereocenters. The van der Waals surface area contributed by atoms with Gasteiger partial charge in [0.1, 0.15) is 0 Å². The number of fused-ring (bicyclic) bond motifs is 1. The molecule has 5 rings (SSSR count). The molecule has 0 radical (unpaired) electrons. The summed E-state index contributed by atoms with van der Waals surface area (Å²) in [6.45, 7) is 6.32. The normalized spacial score (nSPS) is 14.8. The summed E-state index contributed by atoms with van der Waals surface area (Å²) in [4.78, 5) is 4.97. The quantitative estimate of drug-likeness (QED) is 0.560. The molecule has 8 heteroatoms. The van der Waals surface area contributed by atoms with Gasteiger partial charge in [-0.25, -0.2) is 9.50 Å². The Bertz CT molecular complexity index is 1100. The van der Waals surface area contributed by atoms with Crippen molar-refractivity contribution in [1.82, 2.24) is 39.5 Å². The summed E-state index contributed by atoms with van der Waals surface area (Å²) in [7, 11) is 0. The molecule has 8 nitrogen and oxygen atoms in total. The van der Waals surface area contributed by atoms with E-state index >= 15 is 0 Å². The first kappa shape index (κ1) is 17.1. The van der Waals surface area contributed by atoms with Gasteiger partial charge in [-0.1, -0.05) is 13.8 Å². The second kappa shape index (κ2) is 6.87. The van der Waals surface area contributed by atoms with E-state index in [0.29, 0.717) is 12.1 Å². The predicted octanol–water partition coefficient (Wildman–Crippen LogP) is 2.96. The topological polar surface area (TPSA) is 77.9 Å². The summed E-state index contributed by atoms with van der Waals surface area (Å²) in [5, 5.41) is 16.9. The van der Waals surface area contributed by atoms with Crippen LogP contribution in [-0.4, -0.2) is 47.2 Å². The third-order valence-corrected chi connectivity index (χ3v) is 5.61. The lowest BCUT2D eigenvalue weighted by molar-refractivity contribution is 0.318. The SMILES string of the molecule is CCC(CC)n1cc(-c2nc(-c3cnn(C4CNC4)c3)cn3nccc23)cn1. The van der Waals surface area contributed by atoms with Gasteiger partial charge in [-0.2, -0.15) is 15.3 Å². The number of hydrogen-bond donors (Lipinski definition) is 1. The summed E-state index contributed by atoms with van der Waals surface area (Å²) in [6.07, 6.45) is 13.8. The van der Waals surface area contributed by atoms with Gasteiger partial charge in [0, 0.05) is 36.6 Å². The van der Waals surface area contributed by atoms with E-state index in [1.165, 1.54) is 0 Å². The van der Waals surface area contributed by atoms with E-state index in [1.807, 2.05) is 33.9 Å². The molecule has 1 aliphatic rings. The van der Waals surface area contributed by atoms with E-state index in [9.17, 15) is 0 Å². The third-order valence-electron chi connectivity index (χ3n) is 5.61. The molecule has 0 aliphatic carbocycles. The monoisotopic (exact) mass is 376 g/mol. The highest BCUT2D eigenvalue weighted by Crippen LogP contribution is 2.28. The molecule has 144 valence electrons. The van der Waals surface area contributed by atoms with Gasteiger partial charge in [0.2, 0.25) is 0 Å². The van der Waals surface area contributed by atoms with Gasteiger partial charge in [0.25, 0.3) is 0 Å². The highest BCUT2D eigenvalue weighted by molar-refractivity contribution is 5.78. The maximum Gasteiger partial charge on any atom is 0.0999 e. The van der Waals surface area contributed by atoms with Gasteiger partial charge in [-0.15, -0.1) is 0 Å². The van der Waals surface area contributed by atoms with Crippen LogP contribution < -0.4 is 5.32 Å². The molecule has 1 N–H and O–H groups in total. The molecule has 1 saturated heterocycles. The molecule has 0 spiro atoms. The fraction of sp³-hybridized carbons (Fsp3) is 0.400. The summed E-state index contributed by atoms with van der Waals surface area (Å²) < 4.78 is 5.96. The number of hydrogen-bond acceptors (Lipinski definition) is 5. The van der Waals surface area contributed by atoms with Crippen molar-refractivity contribution in [2.75, 3.05) is 13.1 Å². The highest BCUT2D eigenvalue weighted by atomic mass is 15.3. The molecule has 4 aromatic heterocycles. The summed E-state index contributed by atoms with van der Waals surface area (Å²) in [5.74, 6) is 0. The van der Waals surface area contributed by atoms with Crippen LogP contribution >= 0.6 is 0 Å². The van der Waals surface area contributed by atoms with Crippen molar-refractivity contribution in [2.45, 2.75) is 38.8 Å². The van der Waals surface area contributed by atoms with E-state index in [1.54, 1.807) is 6.20 Å². The summed E-state index contributed by atoms with van der Waals surface area (Å²) in [6, 6.07) is 2.83. The van der Waals surface area contributed by atoms with Gasteiger partial charge in [0.15, 0.2) is 0 Å². The number of aromatic nitrogens is 7. The van der Waals surface area contributed by atoms with E-state index < -0.39 is 0 Å². The molecule has 0 saturated carbocycles. The molecule has 28 heavy (non-hydrogen) atoms. The van der Waals surface area contributed by atoms with E-state index in [0.717, 1.165) is 54.0 Å². The molecule has 0 bridgehead atoms. The molecular formula is C20H24N8. The average molecular weight is 376 g/mol. The lowest BCUT2D eigenvalue weighted by Crippen LogP contribution is -2.43. The van der Waals surface area contributed by atoms with Crippen LogP contribution in [0.1, 0.15) is 38.8 Å². The Balaban J connectivity index is 1.57. The van der Waals surface area contributed by atoms with Crippen LogP contribution in [0.2, 0.25) is 0 Å². The third kappa shape index (κ3) is 2.80. The Morgan fingerprint density at radius 2 is 1.86 bits per heavy atom. The van der Waals surface area contributed by atoms with Gasteiger partial charge in [-0.05, 0) is 18.9 Å². The van der Waals surface area contributed by atoms with Gasteiger partial charge >= 0.3 is 0 Å². The Kier molecular flexibility index (Phi) is 4.20. The largest absolute Gasteiger partial charge is 0.312 e. The molecule has 0 amide bonds. The second-order valence-corrected chi connectivity index (χ2v) is 7.34. The van der Waals surface area contributed by atoms with Crippen molar-refractivity contribution in [2.24, 2.45) is 0 Å². The molecular weight excluding hydrogens is 352 g/mol. The maximum atomic E-state index is 4.97. The average Bonchev–Trinajstić information content (AvgIpc) is 3.41. The molecule has 0 aromatic carbocycles. The Hall–Kier alpha value is -3.00. The van der Waals surface area contributed by atoms with E-state index in [-0.39, 0.29) is 0 Å². The van der Waals surface area contributed by atoms with Crippen molar-refractivity contribution in [3.63, 3.8) is 0 Å². The standard InChI is InChI=1S/C20H24N8/c1-3-16(4-2)26-12-15(8-24-26)20-19-5-6-22-28(19)13-18(25-20)14-7-23-27(11-14)17-9-21-10-17/h5-8,11-13,16-17,21H,3-4,9-10H2,1-2H3. The minimum absolute atomic E-state index is 0.409. The van der Waals surface area contributed by atoms with Crippen LogP contribution in [0, 0.1) is 0 Å². The zero-order valence-electron chi connectivity index (χ0n) is 16.2. The zero-order valence-corrected chi connectivity index (χ0v) is 16.2. The van der Waals surface area contributed by atoms with Crippen LogP contribution in [0.4, 0.5) is 0 Å². The fourth-order valence-electron chi connectivity index (χ4n) is 3.73. The lowest BCUT2D eigenvalue weighted by atomic mass is 10.1. The summed E-state index contributed by atoms with van der Waals surface area (Å²) in [5.41, 5.74) is 4.74. The molecule has 0 atom stereocenters. The van der Waals surface area contributed by atoms with Crippen LogP contribution in [-0.2, 0) is 0 Å². The van der Waals surface area contributed by atoms with Crippen LogP contribution in [0.15, 0.2) is 43.2 Å². The maximum absolute atomic E-state index is 4.97. The lowest BCUT2D eigenvalue weighted by Gasteiger charge is -2.27. The molecule has 4 aromatic rings. The van der Waals surface area contributed by atoms with Crippen LogP contribution in [0.25, 0.3) is 28.0 Å². The predicted molar refractivity (Wildman–Crippen MR) is 107 cm³/mol. The fourth-order valence-corrected chi connectivity index (χ4v) is 3.73. The zero-order chi connectivity index (χ0) is 19.1. The minimum atomic E-state index is 0.409. The first-order valence-corrected chi connectivity index (χ1v) is 9.91. The first-order valence-electron chi connectivity index (χ1n) is 9.91. The minimum Gasteiger partial charge on any atom is -0.312 e. The number of rotatable bonds is 6. The second-order valence-electron chi connectivity index (χ2n) is 7.34. The van der Waals surface area contributed by atoms with Crippen molar-refractivity contribution in [1.29, 1.82) is 0 Å². The van der Waals surface area contributed by atoms with Crippen molar-refractivity contribution < 1.29 is 0 Å². The first-order chi connectivity index (χ1) is 13.8. The van der Waals surface area contributed by atoms with E-state index in [2.05, 4.69) is 51.5 Å².